The van der Waals surface area contributed by atoms with Crippen molar-refractivity contribution in [1.82, 2.24) is 19.9 Å². The summed E-state index contributed by atoms with van der Waals surface area (Å²) in [5.41, 5.74) is 16.3. The van der Waals surface area contributed by atoms with E-state index in [1.807, 2.05) is 98.1 Å². The molecule has 0 radical (unpaired) electrons. The molecule has 0 N–H and O–H groups in total. The zero-order valence-electron chi connectivity index (χ0n) is 67.3. The number of hydrogen-bond donors (Lipinski definition) is 0. The van der Waals surface area contributed by atoms with Crippen LogP contribution in [0.25, 0.3) is 44.5 Å². The molecule has 608 valence electrons. The molecular formula is C96H92N8O16+4. The number of pyridine rings is 8. The summed E-state index contributed by atoms with van der Waals surface area (Å²) in [7, 11) is 0. The first kappa shape index (κ1) is 78.9. The first-order chi connectivity index (χ1) is 58.8. The Morgan fingerprint density at radius 3 is 0.608 bits per heavy atom. The van der Waals surface area contributed by atoms with Crippen molar-refractivity contribution in [2.45, 2.75) is 129 Å². The predicted octanol–water partition coefficient (Wildman–Crippen LogP) is 14.4. The van der Waals surface area contributed by atoms with E-state index in [0.29, 0.717) is 120 Å². The standard InChI is InChI=1S/C96H92N8O16/c1-61(105)109-45-5-9-73-77-49-79-74(10-6-46-110-62(2)106)81-51-83-76(12-8-48-112-64(4)108)84-52-82-75(11-7-47-111-63(3)107)80-50-78(73)90-86(54-102-39-23-70(24-40-102)66-15-31-98-32-16-66)92(80)118-59-117-91(79)85(53-101-37-21-69(22-38-101)65-13-29-97-30-14-65)89(77)113-57-115-95(83)87(55-103-41-25-71(26-42-103)67-17-33-99-34-18-67)93(81)119-60-120-94(82)88(96(84)116-58-114-90)56-104-43-27-72(28-44-104)68-19-35-100-36-20-68/h13-44,49-52,73-76H,5-12,45-48,53-60H2,1-4H3/q+4. The number of rotatable bonds is 28. The zero-order chi connectivity index (χ0) is 82.0. The van der Waals surface area contributed by atoms with Crippen molar-refractivity contribution in [3.05, 3.63) is 287 Å². The molecule has 0 aliphatic carbocycles. The van der Waals surface area contributed by atoms with E-state index in [4.69, 9.17) is 56.8 Å². The molecule has 0 spiro atoms. The Hall–Kier alpha value is -13.6. The highest BCUT2D eigenvalue weighted by atomic mass is 16.7. The molecule has 12 aromatic rings. The Morgan fingerprint density at radius 1 is 0.275 bits per heavy atom. The summed E-state index contributed by atoms with van der Waals surface area (Å²) in [5.74, 6) is -0.885. The number of nitrogens with zero attached hydrogens (tertiary/aromatic N) is 8. The Labute approximate surface area is 694 Å². The van der Waals surface area contributed by atoms with Gasteiger partial charge in [0.25, 0.3) is 0 Å². The van der Waals surface area contributed by atoms with E-state index in [2.05, 4.69) is 111 Å². The van der Waals surface area contributed by atoms with E-state index in [1.165, 1.54) is 27.7 Å². The second kappa shape index (κ2) is 36.1. The number of hydrogen-bond acceptors (Lipinski definition) is 20. The quantitative estimate of drug-likeness (QED) is 0.0191. The van der Waals surface area contributed by atoms with Crippen molar-refractivity contribution >= 4 is 23.9 Å². The third-order valence-electron chi connectivity index (χ3n) is 22.9. The van der Waals surface area contributed by atoms with Crippen LogP contribution < -0.4 is 56.2 Å². The van der Waals surface area contributed by atoms with Crippen molar-refractivity contribution in [2.75, 3.05) is 53.6 Å². The van der Waals surface area contributed by atoms with Gasteiger partial charge in [0.05, 0.1) is 26.4 Å². The highest BCUT2D eigenvalue weighted by Crippen LogP contribution is 2.59. The molecule has 0 unspecified atom stereocenters. The molecule has 12 aliphatic rings. The minimum absolute atomic E-state index is 0.0658. The molecule has 24 nitrogen and oxygen atoms in total. The Kier molecular flexibility index (Phi) is 23.7. The Balaban J connectivity index is 1.01. The van der Waals surface area contributed by atoms with Crippen molar-refractivity contribution in [3.63, 3.8) is 0 Å². The number of carbonyl (C=O) groups is 4. The van der Waals surface area contributed by atoms with Crippen LogP contribution in [0.3, 0.4) is 0 Å². The van der Waals surface area contributed by atoms with Crippen LogP contribution in [0.5, 0.6) is 46.0 Å². The van der Waals surface area contributed by atoms with Gasteiger partial charge in [-0.1, -0.05) is 0 Å². The lowest BCUT2D eigenvalue weighted by Gasteiger charge is -2.37. The molecule has 120 heavy (non-hydrogen) atoms. The molecule has 8 aromatic heterocycles. The summed E-state index contributed by atoms with van der Waals surface area (Å²) < 4.78 is 94.2. The Bertz CT molecular complexity index is 4910. The summed E-state index contributed by atoms with van der Waals surface area (Å²) in [5, 5.41) is 0. The number of ether oxygens (including phenoxy) is 12. The van der Waals surface area contributed by atoms with Gasteiger partial charge in [-0.05, 0) is 169 Å². The number of esters is 4. The van der Waals surface area contributed by atoms with Crippen LogP contribution in [0.15, 0.2) is 220 Å². The second-order valence-electron chi connectivity index (χ2n) is 30.5. The van der Waals surface area contributed by atoms with Gasteiger partial charge in [-0.25, -0.2) is 18.3 Å². The second-order valence-corrected chi connectivity index (χ2v) is 30.5. The fourth-order valence-electron chi connectivity index (χ4n) is 17.5. The van der Waals surface area contributed by atoms with Crippen LogP contribution in [-0.2, 0) is 64.3 Å². The van der Waals surface area contributed by atoms with Crippen molar-refractivity contribution in [2.24, 2.45) is 0 Å². The van der Waals surface area contributed by atoms with Gasteiger partial charge in [0.2, 0.25) is 27.2 Å². The van der Waals surface area contributed by atoms with Crippen molar-refractivity contribution in [3.8, 4) is 90.5 Å². The minimum atomic E-state index is -0.707. The predicted molar refractivity (Wildman–Crippen MR) is 437 cm³/mol. The van der Waals surface area contributed by atoms with Gasteiger partial charge in [-0.3, -0.25) is 39.1 Å². The third-order valence-corrected chi connectivity index (χ3v) is 22.9. The molecule has 12 aliphatic heterocycles. The molecule has 24 rings (SSSR count). The van der Waals surface area contributed by atoms with Crippen LogP contribution in [0, 0.1) is 0 Å². The van der Waals surface area contributed by atoms with E-state index in [1.54, 1.807) is 49.6 Å². The maximum absolute atomic E-state index is 13.1. The molecule has 0 fully saturated rings. The molecule has 20 heterocycles. The molecule has 4 aromatic carbocycles. The van der Waals surface area contributed by atoms with Crippen LogP contribution in [0.1, 0.15) is 169 Å². The number of aromatic nitrogens is 8. The summed E-state index contributed by atoms with van der Waals surface area (Å²) >= 11 is 0. The molecule has 16 bridgehead atoms. The van der Waals surface area contributed by atoms with E-state index < -0.39 is 47.5 Å². The lowest BCUT2D eigenvalue weighted by Crippen LogP contribution is -2.36. The van der Waals surface area contributed by atoms with E-state index >= 15 is 0 Å². The zero-order valence-corrected chi connectivity index (χ0v) is 67.3. The van der Waals surface area contributed by atoms with Crippen LogP contribution >= 0.6 is 0 Å². The van der Waals surface area contributed by atoms with Crippen molar-refractivity contribution in [1.29, 1.82) is 0 Å². The number of benzene rings is 4. The summed E-state index contributed by atoms with van der Waals surface area (Å²) in [4.78, 5) is 69.5. The average molecular weight is 1610 g/mol. The lowest BCUT2D eigenvalue weighted by atomic mass is 9.74. The van der Waals surface area contributed by atoms with Crippen LogP contribution in [-0.4, -0.2) is 97.4 Å². The van der Waals surface area contributed by atoms with Crippen molar-refractivity contribution < 1.29 is 94.3 Å². The third kappa shape index (κ3) is 17.2. The monoisotopic (exact) mass is 1610 g/mol. The molecule has 0 atom stereocenters. The SMILES string of the molecule is CC(=O)OCCCC1c2cc3c4c(C[n+]5ccc(-c6ccncc6)cc5)c2OCOc2c5cc(c(c2C[n+]2ccc(-c6ccncc6)cc2)OCOc2c6cc(c(c2C[n+]2ccc(-c7ccncc7)cc2)OCOc2c1cc(c(c2C[n+]1ccc(-c2ccncc2)cc1)OCO4)C6CCCOC(C)=O)C5CCCOC(C)=O)C3CCCOC(C)=O. The molecule has 0 saturated heterocycles. The number of carbonyl (C=O) groups excluding carboxylic acids is 4. The van der Waals surface area contributed by atoms with Gasteiger partial charge >= 0.3 is 23.9 Å². The molecular weight excluding hydrogens is 1520 g/mol. The largest absolute Gasteiger partial charge is 0.466 e. The minimum Gasteiger partial charge on any atom is -0.466 e. The Morgan fingerprint density at radius 2 is 0.442 bits per heavy atom. The van der Waals surface area contributed by atoms with Gasteiger partial charge in [-0.15, -0.1) is 0 Å². The van der Waals surface area contributed by atoms with Crippen LogP contribution in [0.4, 0.5) is 0 Å². The smallest absolute Gasteiger partial charge is 0.302 e. The first-order valence-electron chi connectivity index (χ1n) is 40.7. The summed E-state index contributed by atoms with van der Waals surface area (Å²) in [6.07, 6.45) is 33.3. The van der Waals surface area contributed by atoms with Gasteiger partial charge < -0.3 is 56.8 Å². The molecule has 0 amide bonds. The average Bonchev–Trinajstić information content (AvgIpc) is 0.717. The topological polar surface area (TPSA) is 246 Å². The summed E-state index contributed by atoms with van der Waals surface area (Å²) in [6.45, 7) is 5.12. The molecule has 0 saturated carbocycles. The van der Waals surface area contributed by atoms with Gasteiger partial charge in [0.15, 0.2) is 75.8 Å². The van der Waals surface area contributed by atoms with Crippen LogP contribution in [0.2, 0.25) is 0 Å². The normalized spacial score (nSPS) is 15.6. The van der Waals surface area contributed by atoms with E-state index in [-0.39, 0.29) is 79.8 Å². The van der Waals surface area contributed by atoms with Gasteiger partial charge in [0.1, 0.15) is 68.2 Å². The van der Waals surface area contributed by atoms with Gasteiger partial charge in [0, 0.05) is 194 Å². The summed E-state index contributed by atoms with van der Waals surface area (Å²) in [6, 6.07) is 41.2. The maximum atomic E-state index is 13.1. The van der Waals surface area contributed by atoms with E-state index in [0.717, 1.165) is 89.0 Å². The fourth-order valence-corrected chi connectivity index (χ4v) is 17.5. The first-order valence-corrected chi connectivity index (χ1v) is 40.7. The molecule has 24 heteroatoms. The highest BCUT2D eigenvalue weighted by Gasteiger charge is 2.44. The maximum Gasteiger partial charge on any atom is 0.302 e. The van der Waals surface area contributed by atoms with E-state index in [9.17, 15) is 19.2 Å². The fraction of sp³-hybridized carbons (Fsp3) is 0.292. The lowest BCUT2D eigenvalue weighted by molar-refractivity contribution is -0.688. The van der Waals surface area contributed by atoms with Gasteiger partial charge in [-0.2, -0.15) is 0 Å². The highest BCUT2D eigenvalue weighted by molar-refractivity contribution is 5.72.